The highest BCUT2D eigenvalue weighted by Crippen LogP contribution is 2.21. The predicted molar refractivity (Wildman–Crippen MR) is 109 cm³/mol. The molecule has 1 aromatic carbocycles. The number of aromatic nitrogens is 3. The van der Waals surface area contributed by atoms with Gasteiger partial charge in [-0.15, -0.1) is 0 Å². The van der Waals surface area contributed by atoms with Crippen LogP contribution in [0.5, 0.6) is 0 Å². The monoisotopic (exact) mass is 410 g/mol. The van der Waals surface area contributed by atoms with E-state index in [0.29, 0.717) is 49.5 Å². The molecule has 3 aromatic rings. The van der Waals surface area contributed by atoms with Gasteiger partial charge in [-0.1, -0.05) is 12.1 Å². The van der Waals surface area contributed by atoms with E-state index in [2.05, 4.69) is 20.3 Å². The van der Waals surface area contributed by atoms with E-state index in [4.69, 9.17) is 0 Å². The van der Waals surface area contributed by atoms with Crippen molar-refractivity contribution in [1.82, 2.24) is 19.9 Å². The molecule has 9 heteroatoms. The number of piperazine rings is 1. The summed E-state index contributed by atoms with van der Waals surface area (Å²) in [5.41, 5.74) is -0.509. The summed E-state index contributed by atoms with van der Waals surface area (Å²) in [6, 6.07) is 10.8. The van der Waals surface area contributed by atoms with Crippen LogP contribution in [0.25, 0.3) is 0 Å². The molecule has 0 bridgehead atoms. The molecule has 1 saturated heterocycles. The minimum Gasteiger partial charge on any atom is -0.353 e. The molecule has 1 N–H and O–H groups in total. The fraction of sp³-hybridized carbons (Fsp3) is 0.238. The molecule has 2 aromatic heterocycles. The number of nitrogens with zero attached hydrogens (tertiary/aromatic N) is 5. The highest BCUT2D eigenvalue weighted by molar-refractivity contribution is 5.95. The topological polar surface area (TPSA) is 74.2 Å². The van der Waals surface area contributed by atoms with E-state index in [9.17, 15) is 13.6 Å². The highest BCUT2D eigenvalue weighted by Gasteiger charge is 2.27. The Morgan fingerprint density at radius 1 is 0.967 bits per heavy atom. The van der Waals surface area contributed by atoms with E-state index in [1.807, 2.05) is 29.2 Å². The summed E-state index contributed by atoms with van der Waals surface area (Å²) in [6.07, 6.45) is 1.69. The third-order valence-electron chi connectivity index (χ3n) is 4.81. The molecule has 3 heterocycles. The second-order valence-electron chi connectivity index (χ2n) is 6.87. The smallest absolute Gasteiger partial charge is 0.259 e. The van der Waals surface area contributed by atoms with Crippen LogP contribution in [0.1, 0.15) is 16.2 Å². The van der Waals surface area contributed by atoms with Crippen molar-refractivity contribution < 1.29 is 13.6 Å². The van der Waals surface area contributed by atoms with E-state index in [1.165, 1.54) is 11.0 Å². The number of amides is 1. The summed E-state index contributed by atoms with van der Waals surface area (Å²) in [5.74, 6) is 0.259. The first-order valence-electron chi connectivity index (χ1n) is 9.53. The zero-order valence-electron chi connectivity index (χ0n) is 16.3. The van der Waals surface area contributed by atoms with E-state index < -0.39 is 23.1 Å². The van der Waals surface area contributed by atoms with Gasteiger partial charge < -0.3 is 15.1 Å². The summed E-state index contributed by atoms with van der Waals surface area (Å²) < 4.78 is 27.9. The summed E-state index contributed by atoms with van der Waals surface area (Å²) >= 11 is 0. The number of hydrogen-bond donors (Lipinski definition) is 1. The van der Waals surface area contributed by atoms with E-state index in [1.54, 1.807) is 13.1 Å². The minimum atomic E-state index is -0.848. The van der Waals surface area contributed by atoms with Crippen molar-refractivity contribution in [3.05, 3.63) is 71.7 Å². The van der Waals surface area contributed by atoms with Crippen LogP contribution in [-0.4, -0.2) is 51.9 Å². The van der Waals surface area contributed by atoms with Crippen LogP contribution < -0.4 is 10.2 Å². The second-order valence-corrected chi connectivity index (χ2v) is 6.87. The van der Waals surface area contributed by atoms with E-state index >= 15 is 0 Å². The number of benzene rings is 1. The Hall–Kier alpha value is -3.62. The molecule has 0 radical (unpaired) electrons. The van der Waals surface area contributed by atoms with Crippen LogP contribution in [0.4, 0.5) is 26.2 Å². The average Bonchev–Trinajstić information content (AvgIpc) is 2.74. The molecule has 1 aliphatic rings. The number of nitrogens with one attached hydrogen (secondary N) is 1. The van der Waals surface area contributed by atoms with Gasteiger partial charge in [0.15, 0.2) is 0 Å². The summed E-state index contributed by atoms with van der Waals surface area (Å²) in [7, 11) is 0. The number of rotatable bonds is 4. The van der Waals surface area contributed by atoms with Crippen molar-refractivity contribution in [2.45, 2.75) is 6.92 Å². The van der Waals surface area contributed by atoms with Crippen LogP contribution in [0.2, 0.25) is 0 Å². The first-order chi connectivity index (χ1) is 14.5. The third-order valence-corrected chi connectivity index (χ3v) is 4.81. The van der Waals surface area contributed by atoms with Crippen molar-refractivity contribution in [3.8, 4) is 0 Å². The fourth-order valence-corrected chi connectivity index (χ4v) is 3.34. The van der Waals surface area contributed by atoms with Gasteiger partial charge in [0.25, 0.3) is 5.91 Å². The van der Waals surface area contributed by atoms with Crippen LogP contribution in [0.3, 0.4) is 0 Å². The number of hydrogen-bond acceptors (Lipinski definition) is 6. The van der Waals surface area contributed by atoms with Gasteiger partial charge in [-0.3, -0.25) is 4.79 Å². The number of pyridine rings is 1. The Morgan fingerprint density at radius 3 is 2.37 bits per heavy atom. The van der Waals surface area contributed by atoms with Crippen molar-refractivity contribution in [3.63, 3.8) is 0 Å². The summed E-state index contributed by atoms with van der Waals surface area (Å²) in [4.78, 5) is 29.2. The zero-order valence-corrected chi connectivity index (χ0v) is 16.3. The van der Waals surface area contributed by atoms with Gasteiger partial charge >= 0.3 is 0 Å². The number of carbonyl (C=O) groups is 1. The quantitative estimate of drug-likeness (QED) is 0.712. The van der Waals surface area contributed by atoms with Crippen molar-refractivity contribution >= 4 is 23.4 Å². The summed E-state index contributed by atoms with van der Waals surface area (Å²) in [6.45, 7) is 3.44. The fourth-order valence-electron chi connectivity index (χ4n) is 3.34. The predicted octanol–water partition coefficient (Wildman–Crippen LogP) is 3.16. The molecule has 1 amide bonds. The maximum Gasteiger partial charge on any atom is 0.259 e. The molecule has 154 valence electrons. The highest BCUT2D eigenvalue weighted by atomic mass is 19.1. The third kappa shape index (κ3) is 4.19. The number of carbonyl (C=O) groups excluding carboxylic acids is 1. The standard InChI is InChI=1S/C21H20F2N6O/c1-14-25-18(27-17-7-2-3-8-24-17)13-19(26-14)28-9-11-29(12-10-28)21(30)20-15(22)5-4-6-16(20)23/h2-8,13H,9-12H2,1H3,(H,24,25,26,27). The molecule has 30 heavy (non-hydrogen) atoms. The van der Waals surface area contributed by atoms with Gasteiger partial charge in [0.05, 0.1) is 0 Å². The molecule has 0 spiro atoms. The van der Waals surface area contributed by atoms with Crippen LogP contribution >= 0.6 is 0 Å². The molecule has 4 rings (SSSR count). The van der Waals surface area contributed by atoms with Gasteiger partial charge in [-0.05, 0) is 31.2 Å². The SMILES string of the molecule is Cc1nc(Nc2ccccn2)cc(N2CCN(C(=O)c3c(F)cccc3F)CC2)n1. The molecular weight excluding hydrogens is 390 g/mol. The molecule has 0 aliphatic carbocycles. The molecule has 0 unspecified atom stereocenters. The van der Waals surface area contributed by atoms with Crippen LogP contribution in [0, 0.1) is 18.6 Å². The van der Waals surface area contributed by atoms with Crippen LogP contribution in [-0.2, 0) is 0 Å². The average molecular weight is 410 g/mol. The van der Waals surface area contributed by atoms with Gasteiger partial charge in [0, 0.05) is 38.4 Å². The number of anilines is 3. The van der Waals surface area contributed by atoms with Crippen LogP contribution in [0.15, 0.2) is 48.7 Å². The first kappa shape index (κ1) is 19.7. The number of aryl methyl sites for hydroxylation is 1. The largest absolute Gasteiger partial charge is 0.353 e. The molecule has 1 aliphatic heterocycles. The lowest BCUT2D eigenvalue weighted by Gasteiger charge is -2.35. The minimum absolute atomic E-state index is 0.332. The van der Waals surface area contributed by atoms with Gasteiger partial charge in [0.2, 0.25) is 0 Å². The maximum atomic E-state index is 13.9. The number of halogens is 2. The normalized spacial score (nSPS) is 14.0. The Balaban J connectivity index is 1.46. The van der Waals surface area contributed by atoms with E-state index in [0.717, 1.165) is 12.1 Å². The lowest BCUT2D eigenvalue weighted by Crippen LogP contribution is -2.49. The molecule has 0 saturated carbocycles. The molecule has 7 nitrogen and oxygen atoms in total. The molecular formula is C21H20F2N6O. The first-order valence-corrected chi connectivity index (χ1v) is 9.53. The van der Waals surface area contributed by atoms with Gasteiger partial charge in [-0.25, -0.2) is 23.7 Å². The van der Waals surface area contributed by atoms with Crippen molar-refractivity contribution in [2.24, 2.45) is 0 Å². The van der Waals surface area contributed by atoms with Crippen molar-refractivity contribution in [1.29, 1.82) is 0 Å². The Bertz CT molecular complexity index is 1030. The Kier molecular flexibility index (Phi) is 5.51. The van der Waals surface area contributed by atoms with Crippen molar-refractivity contribution in [2.75, 3.05) is 36.4 Å². The molecule has 0 atom stereocenters. The maximum absolute atomic E-state index is 13.9. The second kappa shape index (κ2) is 8.40. The molecule has 1 fully saturated rings. The Labute approximate surface area is 172 Å². The van der Waals surface area contributed by atoms with Gasteiger partial charge in [0.1, 0.15) is 40.5 Å². The van der Waals surface area contributed by atoms with E-state index in [-0.39, 0.29) is 0 Å². The zero-order chi connectivity index (χ0) is 21.1. The summed E-state index contributed by atoms with van der Waals surface area (Å²) in [5, 5.41) is 3.15. The van der Waals surface area contributed by atoms with Gasteiger partial charge in [-0.2, -0.15) is 0 Å². The lowest BCUT2D eigenvalue weighted by molar-refractivity contribution is 0.0736. The Morgan fingerprint density at radius 2 is 1.70 bits per heavy atom. The lowest BCUT2D eigenvalue weighted by atomic mass is 10.1.